The van der Waals surface area contributed by atoms with Gasteiger partial charge in [0.2, 0.25) is 0 Å². The number of carbonyl (C=O) groups is 1. The van der Waals surface area contributed by atoms with Gasteiger partial charge in [0.25, 0.3) is 0 Å². The number of amides is 1. The third kappa shape index (κ3) is 3.36. The molecule has 0 fully saturated rings. The van der Waals surface area contributed by atoms with Crippen LogP contribution in [0.5, 0.6) is 0 Å². The van der Waals surface area contributed by atoms with Crippen LogP contribution in [0.15, 0.2) is 42.6 Å². The average molecular weight is 394 g/mol. The van der Waals surface area contributed by atoms with Gasteiger partial charge in [-0.15, -0.1) is 0 Å². The third-order valence-electron chi connectivity index (χ3n) is 4.17. The van der Waals surface area contributed by atoms with Crippen LogP contribution in [-0.4, -0.2) is 35.9 Å². The van der Waals surface area contributed by atoms with Gasteiger partial charge in [-0.1, -0.05) is 18.2 Å². The predicted molar refractivity (Wildman–Crippen MR) is 105 cm³/mol. The molecule has 0 spiro atoms. The smallest absolute Gasteiger partial charge is 0.409 e. The topological polar surface area (TPSA) is 158 Å². The Morgan fingerprint density at radius 1 is 1.14 bits per heavy atom. The molecule has 0 atom stereocenters. The van der Waals surface area contributed by atoms with E-state index in [-0.39, 0.29) is 40.9 Å². The van der Waals surface area contributed by atoms with Gasteiger partial charge in [0.1, 0.15) is 22.7 Å². The Bertz CT molecular complexity index is 1200. The lowest BCUT2D eigenvalue weighted by atomic mass is 10.2. The number of hydrogen-bond donors (Lipinski definition) is 4. The van der Waals surface area contributed by atoms with Crippen LogP contribution in [0.3, 0.4) is 0 Å². The fourth-order valence-corrected chi connectivity index (χ4v) is 2.96. The van der Waals surface area contributed by atoms with Crippen LogP contribution in [0.2, 0.25) is 0 Å². The number of carboxylic acid groups (broad SMARTS) is 1. The Balaban J connectivity index is 1.87. The highest BCUT2D eigenvalue weighted by Crippen LogP contribution is 2.31. The summed E-state index contributed by atoms with van der Waals surface area (Å²) >= 11 is 0. The number of hydrogen-bond acceptors (Lipinski definition) is 7. The molecule has 3 heterocycles. The zero-order valence-electron chi connectivity index (χ0n) is 14.9. The van der Waals surface area contributed by atoms with Gasteiger partial charge in [0.05, 0.1) is 12.2 Å². The van der Waals surface area contributed by atoms with Gasteiger partial charge in [-0.2, -0.15) is 5.10 Å². The van der Waals surface area contributed by atoms with Crippen LogP contribution in [0, 0.1) is 5.82 Å². The maximum atomic E-state index is 14.6. The van der Waals surface area contributed by atoms with E-state index in [9.17, 15) is 9.18 Å². The van der Waals surface area contributed by atoms with E-state index < -0.39 is 11.9 Å². The molecule has 6 N–H and O–H groups in total. The number of nitrogens with zero attached hydrogens (tertiary/aromatic N) is 5. The first-order valence-electron chi connectivity index (χ1n) is 8.42. The van der Waals surface area contributed by atoms with Crippen molar-refractivity contribution in [1.82, 2.24) is 24.7 Å². The summed E-state index contributed by atoms with van der Waals surface area (Å²) in [5, 5.41) is 15.8. The summed E-state index contributed by atoms with van der Waals surface area (Å²) in [6.45, 7) is 0.224. The molecule has 0 saturated heterocycles. The van der Waals surface area contributed by atoms with Crippen LogP contribution < -0.4 is 16.8 Å². The third-order valence-corrected chi connectivity index (χ3v) is 4.17. The molecule has 1 aromatic carbocycles. The second kappa shape index (κ2) is 7.03. The number of anilines is 3. The van der Waals surface area contributed by atoms with Gasteiger partial charge in [0, 0.05) is 11.6 Å². The number of aromatic nitrogens is 5. The summed E-state index contributed by atoms with van der Waals surface area (Å²) in [5.41, 5.74) is 12.8. The molecule has 10 nitrogen and oxygen atoms in total. The van der Waals surface area contributed by atoms with Crippen molar-refractivity contribution in [2.24, 2.45) is 0 Å². The summed E-state index contributed by atoms with van der Waals surface area (Å²) < 4.78 is 16.1. The highest BCUT2D eigenvalue weighted by molar-refractivity contribution is 5.95. The molecule has 0 bridgehead atoms. The molecule has 146 valence electrons. The Morgan fingerprint density at radius 3 is 2.55 bits per heavy atom. The molecule has 3 aromatic heterocycles. The SMILES string of the molecule is Nc1nc(-c2nn(Cc3ccccn3)c3c(F)cccc23)nc(N)c1NC(=O)O. The molecular weight excluding hydrogens is 379 g/mol. The second-order valence-corrected chi connectivity index (χ2v) is 6.09. The quantitative estimate of drug-likeness (QED) is 0.410. The Morgan fingerprint density at radius 2 is 1.90 bits per heavy atom. The normalized spacial score (nSPS) is 10.9. The Hall–Kier alpha value is -4.28. The molecule has 11 heteroatoms. The van der Waals surface area contributed by atoms with E-state index in [1.807, 2.05) is 6.07 Å². The van der Waals surface area contributed by atoms with Crippen LogP contribution in [0.25, 0.3) is 22.4 Å². The molecule has 4 aromatic rings. The number of nitrogens with one attached hydrogen (secondary N) is 1. The Labute approximate surface area is 163 Å². The first kappa shape index (κ1) is 18.1. The van der Waals surface area contributed by atoms with E-state index in [4.69, 9.17) is 16.6 Å². The van der Waals surface area contributed by atoms with Crippen LogP contribution in [0.4, 0.5) is 26.5 Å². The lowest BCUT2D eigenvalue weighted by Gasteiger charge is -2.08. The summed E-state index contributed by atoms with van der Waals surface area (Å²) in [5.74, 6) is -0.758. The van der Waals surface area contributed by atoms with Crippen LogP contribution >= 0.6 is 0 Å². The zero-order chi connectivity index (χ0) is 20.5. The van der Waals surface area contributed by atoms with Crippen molar-refractivity contribution in [3.05, 3.63) is 54.1 Å². The molecule has 0 aliphatic rings. The minimum atomic E-state index is -1.35. The number of pyridine rings is 1. The molecule has 0 aliphatic heterocycles. The number of benzene rings is 1. The minimum Gasteiger partial charge on any atom is -0.465 e. The summed E-state index contributed by atoms with van der Waals surface area (Å²) in [6.07, 6.45) is 0.281. The van der Waals surface area contributed by atoms with Crippen molar-refractivity contribution >= 4 is 34.3 Å². The second-order valence-electron chi connectivity index (χ2n) is 6.09. The highest BCUT2D eigenvalue weighted by Gasteiger charge is 2.21. The van der Waals surface area contributed by atoms with Gasteiger partial charge in [0.15, 0.2) is 17.5 Å². The maximum absolute atomic E-state index is 14.6. The van der Waals surface area contributed by atoms with Crippen LogP contribution in [0.1, 0.15) is 5.69 Å². The fraction of sp³-hybridized carbons (Fsp3) is 0.0556. The van der Waals surface area contributed by atoms with Gasteiger partial charge >= 0.3 is 6.09 Å². The van der Waals surface area contributed by atoms with Crippen molar-refractivity contribution in [2.45, 2.75) is 6.54 Å². The first-order valence-corrected chi connectivity index (χ1v) is 8.42. The van der Waals surface area contributed by atoms with Gasteiger partial charge in [-0.3, -0.25) is 15.0 Å². The predicted octanol–water partition coefficient (Wildman–Crippen LogP) is 2.33. The molecule has 0 unspecified atom stereocenters. The number of halogens is 1. The van der Waals surface area contributed by atoms with Crippen molar-refractivity contribution in [3.63, 3.8) is 0 Å². The molecule has 0 aliphatic carbocycles. The van der Waals surface area contributed by atoms with Crippen molar-refractivity contribution in [3.8, 4) is 11.5 Å². The Kier molecular flexibility index (Phi) is 4.39. The number of fused-ring (bicyclic) bond motifs is 1. The van der Waals surface area contributed by atoms with E-state index >= 15 is 0 Å². The first-order chi connectivity index (χ1) is 13.9. The molecule has 1 amide bonds. The largest absolute Gasteiger partial charge is 0.465 e. The number of para-hydroxylation sites is 1. The van der Waals surface area contributed by atoms with Gasteiger partial charge < -0.3 is 16.6 Å². The lowest BCUT2D eigenvalue weighted by molar-refractivity contribution is 0.209. The van der Waals surface area contributed by atoms with Crippen LogP contribution in [-0.2, 0) is 6.54 Å². The fourth-order valence-electron chi connectivity index (χ4n) is 2.96. The van der Waals surface area contributed by atoms with Crippen molar-refractivity contribution in [2.75, 3.05) is 16.8 Å². The molecule has 0 saturated carbocycles. The number of nitrogen functional groups attached to an aromatic ring is 2. The number of nitrogens with two attached hydrogens (primary N) is 2. The summed E-state index contributed by atoms with van der Waals surface area (Å²) in [7, 11) is 0. The van der Waals surface area contributed by atoms with Gasteiger partial charge in [-0.05, 0) is 18.2 Å². The van der Waals surface area contributed by atoms with E-state index in [2.05, 4.69) is 25.4 Å². The number of rotatable bonds is 4. The molecule has 4 rings (SSSR count). The highest BCUT2D eigenvalue weighted by atomic mass is 19.1. The van der Waals surface area contributed by atoms with E-state index in [1.54, 1.807) is 30.5 Å². The van der Waals surface area contributed by atoms with Crippen molar-refractivity contribution in [1.29, 1.82) is 0 Å². The molecule has 29 heavy (non-hydrogen) atoms. The standard InChI is InChI=1S/C18H15FN8O2/c19-11-6-3-5-10-12(17-24-15(20)13(16(21)25-17)23-18(28)29)26-27(14(10)11)8-9-4-1-2-7-22-9/h1-7,23H,8H2,(H,28,29)(H4,20,21,24,25). The average Bonchev–Trinajstić information content (AvgIpc) is 3.05. The maximum Gasteiger partial charge on any atom is 0.409 e. The van der Waals surface area contributed by atoms with E-state index in [0.29, 0.717) is 11.1 Å². The minimum absolute atomic E-state index is 0.0475. The summed E-state index contributed by atoms with van der Waals surface area (Å²) in [6, 6.07) is 9.95. The lowest BCUT2D eigenvalue weighted by Crippen LogP contribution is -2.14. The van der Waals surface area contributed by atoms with Crippen molar-refractivity contribution < 1.29 is 14.3 Å². The zero-order valence-corrected chi connectivity index (χ0v) is 14.9. The van der Waals surface area contributed by atoms with E-state index in [0.717, 1.165) is 0 Å². The van der Waals surface area contributed by atoms with Gasteiger partial charge in [-0.25, -0.2) is 19.2 Å². The van der Waals surface area contributed by atoms with E-state index in [1.165, 1.54) is 10.7 Å². The molecular formula is C18H15FN8O2. The molecule has 0 radical (unpaired) electrons. The monoisotopic (exact) mass is 394 g/mol. The summed E-state index contributed by atoms with van der Waals surface area (Å²) in [4.78, 5) is 23.3.